The largest absolute Gasteiger partial charge is 0.287 e. The van der Waals surface area contributed by atoms with Gasteiger partial charge >= 0.3 is 0 Å². The molecule has 0 spiro atoms. The van der Waals surface area contributed by atoms with Crippen molar-refractivity contribution in [2.24, 2.45) is 9.98 Å². The molecular formula is C4H2ClF2N2. The van der Waals surface area contributed by atoms with Gasteiger partial charge in [-0.1, -0.05) is 11.6 Å². The Balaban J connectivity index is 2.83. The van der Waals surface area contributed by atoms with Crippen LogP contribution in [-0.2, 0) is 0 Å². The molecular weight excluding hydrogens is 150 g/mol. The quantitative estimate of drug-likeness (QED) is 0.469. The van der Waals surface area contributed by atoms with Gasteiger partial charge in [-0.05, 0) is 0 Å². The fraction of sp³-hybridized carbons (Fsp3) is 0.250. The standard InChI is InChI=1S/C4H2ClF2N2/c5-4(7)1-8-2-9-3(4)6/h1-2H. The van der Waals surface area contributed by atoms with Gasteiger partial charge in [0.15, 0.2) is 6.67 Å². The van der Waals surface area contributed by atoms with E-state index in [1.807, 2.05) is 0 Å². The molecule has 0 aromatic heterocycles. The summed E-state index contributed by atoms with van der Waals surface area (Å²) in [6.45, 7) is 0.884. The smallest absolute Gasteiger partial charge is 0.261 e. The molecule has 5 heteroatoms. The van der Waals surface area contributed by atoms with E-state index >= 15 is 0 Å². The summed E-state index contributed by atoms with van der Waals surface area (Å²) in [5.41, 5.74) is 0. The Kier molecular flexibility index (Phi) is 1.48. The van der Waals surface area contributed by atoms with E-state index in [-0.39, 0.29) is 0 Å². The van der Waals surface area contributed by atoms with Gasteiger partial charge in [0.25, 0.3) is 5.13 Å². The molecule has 1 unspecified atom stereocenters. The van der Waals surface area contributed by atoms with Gasteiger partial charge in [0.05, 0.1) is 6.21 Å². The molecule has 9 heavy (non-hydrogen) atoms. The third-order valence-corrected chi connectivity index (χ3v) is 1.00. The molecule has 1 aliphatic rings. The number of aliphatic imine (C=N–C) groups is 2. The molecule has 1 atom stereocenters. The lowest BCUT2D eigenvalue weighted by atomic mass is 10.4. The lowest BCUT2D eigenvalue weighted by Gasteiger charge is -2.10. The number of alkyl halides is 2. The molecule has 1 aliphatic heterocycles. The molecule has 0 aliphatic carbocycles. The Morgan fingerprint density at radius 3 is 2.67 bits per heavy atom. The highest BCUT2D eigenvalue weighted by atomic mass is 35.5. The average molecular weight is 152 g/mol. The fourth-order valence-electron chi connectivity index (χ4n) is 0.350. The van der Waals surface area contributed by atoms with Crippen molar-refractivity contribution in [3.8, 4) is 0 Å². The first kappa shape index (κ1) is 6.61. The molecule has 0 aromatic carbocycles. The minimum Gasteiger partial charge on any atom is -0.261 e. The molecule has 0 amide bonds. The number of halogens is 3. The van der Waals surface area contributed by atoms with Crippen molar-refractivity contribution >= 4 is 23.8 Å². The number of rotatable bonds is 0. The average Bonchev–Trinajstić information content (AvgIpc) is 1.77. The topological polar surface area (TPSA) is 24.7 Å². The Morgan fingerprint density at radius 2 is 2.33 bits per heavy atom. The normalized spacial score (nSPS) is 34.3. The maximum atomic E-state index is 12.4. The maximum Gasteiger partial charge on any atom is 0.287 e. The predicted octanol–water partition coefficient (Wildman–Crippen LogP) is 1.46. The number of nitrogens with zero attached hydrogens (tertiary/aromatic N) is 2. The molecule has 1 radical (unpaired) electrons. The van der Waals surface area contributed by atoms with Gasteiger partial charge in [0, 0.05) is 0 Å². The summed E-state index contributed by atoms with van der Waals surface area (Å²) in [4.78, 5) is 6.10. The lowest BCUT2D eigenvalue weighted by molar-refractivity contribution is 0.440. The Bertz CT molecular complexity index is 175. The van der Waals surface area contributed by atoms with Crippen LogP contribution in [0.15, 0.2) is 9.98 Å². The molecule has 0 bridgehead atoms. The van der Waals surface area contributed by atoms with Crippen molar-refractivity contribution in [2.75, 3.05) is 0 Å². The molecule has 2 nitrogen and oxygen atoms in total. The van der Waals surface area contributed by atoms with E-state index in [1.54, 1.807) is 0 Å². The van der Waals surface area contributed by atoms with Crippen molar-refractivity contribution in [2.45, 2.75) is 5.13 Å². The van der Waals surface area contributed by atoms with Gasteiger partial charge in [0.1, 0.15) is 0 Å². The van der Waals surface area contributed by atoms with Crippen LogP contribution in [-0.4, -0.2) is 17.3 Å². The van der Waals surface area contributed by atoms with Crippen molar-refractivity contribution in [1.29, 1.82) is 0 Å². The predicted molar refractivity (Wildman–Crippen MR) is 31.0 cm³/mol. The molecule has 0 fully saturated rings. The van der Waals surface area contributed by atoms with E-state index in [1.165, 1.54) is 0 Å². The number of hydrogen-bond acceptors (Lipinski definition) is 2. The van der Waals surface area contributed by atoms with E-state index in [0.29, 0.717) is 6.21 Å². The third-order valence-electron chi connectivity index (χ3n) is 0.749. The second-order valence-corrected chi connectivity index (χ2v) is 1.99. The van der Waals surface area contributed by atoms with Crippen LogP contribution >= 0.6 is 11.6 Å². The van der Waals surface area contributed by atoms with Gasteiger partial charge in [-0.25, -0.2) is 9.38 Å². The first-order valence-corrected chi connectivity index (χ1v) is 2.48. The zero-order chi connectivity index (χ0) is 6.91. The van der Waals surface area contributed by atoms with Crippen molar-refractivity contribution in [3.63, 3.8) is 0 Å². The minimum atomic E-state index is -2.63. The fourth-order valence-corrected chi connectivity index (χ4v) is 0.455. The van der Waals surface area contributed by atoms with E-state index < -0.39 is 11.1 Å². The van der Waals surface area contributed by atoms with Gasteiger partial charge in [-0.2, -0.15) is 4.39 Å². The summed E-state index contributed by atoms with van der Waals surface area (Å²) >= 11 is 4.88. The summed E-state index contributed by atoms with van der Waals surface area (Å²) in [5, 5.41) is -2.63. The maximum absolute atomic E-state index is 12.4. The van der Waals surface area contributed by atoms with E-state index in [0.717, 1.165) is 6.67 Å². The summed E-state index contributed by atoms with van der Waals surface area (Å²) in [6.07, 6.45) is 0.636. The highest BCUT2D eigenvalue weighted by Crippen LogP contribution is 2.21. The van der Waals surface area contributed by atoms with Crippen LogP contribution in [0.5, 0.6) is 0 Å². The van der Waals surface area contributed by atoms with Crippen molar-refractivity contribution in [3.05, 3.63) is 6.67 Å². The van der Waals surface area contributed by atoms with E-state index in [2.05, 4.69) is 9.98 Å². The molecule has 1 heterocycles. The highest BCUT2D eigenvalue weighted by Gasteiger charge is 2.33. The van der Waals surface area contributed by atoms with Crippen LogP contribution in [0.3, 0.4) is 0 Å². The summed E-state index contributed by atoms with van der Waals surface area (Å²) in [6, 6.07) is 0. The van der Waals surface area contributed by atoms with Crippen LogP contribution in [0.4, 0.5) is 8.78 Å². The molecule has 49 valence electrons. The van der Waals surface area contributed by atoms with Gasteiger partial charge < -0.3 is 0 Å². The Morgan fingerprint density at radius 1 is 1.67 bits per heavy atom. The number of hydrogen-bond donors (Lipinski definition) is 0. The molecule has 0 N–H and O–H groups in total. The summed E-state index contributed by atoms with van der Waals surface area (Å²) in [7, 11) is 0. The first-order valence-electron chi connectivity index (χ1n) is 2.10. The summed E-state index contributed by atoms with van der Waals surface area (Å²) in [5.74, 6) is -1.28. The SMILES string of the molecule is FC1=N[CH]N=CC1(F)Cl. The van der Waals surface area contributed by atoms with E-state index in [9.17, 15) is 8.78 Å². The zero-order valence-corrected chi connectivity index (χ0v) is 4.94. The second kappa shape index (κ2) is 2.02. The van der Waals surface area contributed by atoms with Crippen LogP contribution in [0.1, 0.15) is 0 Å². The Hall–Kier alpha value is -0.510. The van der Waals surface area contributed by atoms with Gasteiger partial charge in [-0.3, -0.25) is 4.99 Å². The van der Waals surface area contributed by atoms with Crippen LogP contribution in [0.25, 0.3) is 0 Å². The molecule has 0 saturated carbocycles. The molecule has 1 rings (SSSR count). The second-order valence-electron chi connectivity index (χ2n) is 1.44. The first-order chi connectivity index (χ1) is 4.13. The van der Waals surface area contributed by atoms with Gasteiger partial charge in [-0.15, -0.1) is 0 Å². The Labute approximate surface area is 55.3 Å². The molecule has 0 saturated heterocycles. The van der Waals surface area contributed by atoms with Crippen LogP contribution in [0, 0.1) is 6.67 Å². The zero-order valence-electron chi connectivity index (χ0n) is 4.18. The van der Waals surface area contributed by atoms with Crippen LogP contribution in [0.2, 0.25) is 0 Å². The monoisotopic (exact) mass is 151 g/mol. The minimum absolute atomic E-state index is 0.636. The van der Waals surface area contributed by atoms with Crippen molar-refractivity contribution in [1.82, 2.24) is 0 Å². The van der Waals surface area contributed by atoms with E-state index in [4.69, 9.17) is 11.6 Å². The van der Waals surface area contributed by atoms with Crippen molar-refractivity contribution < 1.29 is 8.78 Å². The summed E-state index contributed by atoms with van der Waals surface area (Å²) < 4.78 is 24.4. The molecule has 0 aromatic rings. The van der Waals surface area contributed by atoms with Crippen LogP contribution < -0.4 is 0 Å². The third kappa shape index (κ3) is 1.24. The highest BCUT2D eigenvalue weighted by molar-refractivity contribution is 6.42. The lowest BCUT2D eigenvalue weighted by Crippen LogP contribution is -2.27. The van der Waals surface area contributed by atoms with Gasteiger partial charge in [0.2, 0.25) is 5.97 Å².